The largest absolute Gasteiger partial charge is 0.491 e. The number of hydrogen-bond acceptors (Lipinski definition) is 5. The molecule has 1 N–H and O–H groups in total. The summed E-state index contributed by atoms with van der Waals surface area (Å²) in [6.45, 7) is 5.87. The number of hydrogen-bond donors (Lipinski definition) is 1. The van der Waals surface area contributed by atoms with Gasteiger partial charge in [0.15, 0.2) is 0 Å². The van der Waals surface area contributed by atoms with Gasteiger partial charge in [0.25, 0.3) is 5.91 Å². The van der Waals surface area contributed by atoms with Crippen LogP contribution in [0.4, 0.5) is 0 Å². The number of carbonyl (C=O) groups is 1. The zero-order valence-electron chi connectivity index (χ0n) is 16.0. The number of nitrogens with one attached hydrogen (secondary N) is 1. The van der Waals surface area contributed by atoms with E-state index in [0.29, 0.717) is 11.3 Å². The Balaban J connectivity index is 1.67. The number of amides is 1. The first kappa shape index (κ1) is 19.6. The molecule has 142 valence electrons. The lowest BCUT2D eigenvalue weighted by molar-refractivity contribution is 0.0935. The monoisotopic (exact) mass is 391 g/mol. The minimum atomic E-state index is -0.223. The van der Waals surface area contributed by atoms with Crippen LogP contribution in [0, 0.1) is 11.3 Å². The van der Waals surface area contributed by atoms with Gasteiger partial charge in [-0.3, -0.25) is 4.79 Å². The second kappa shape index (κ2) is 8.68. The van der Waals surface area contributed by atoms with E-state index < -0.39 is 0 Å². The number of benzene rings is 2. The number of carbonyl (C=O) groups excluding carboxylic acids is 1. The summed E-state index contributed by atoms with van der Waals surface area (Å²) in [4.78, 5) is 17.0. The molecule has 1 heterocycles. The molecule has 3 rings (SSSR count). The number of ether oxygens (including phenoxy) is 1. The van der Waals surface area contributed by atoms with Gasteiger partial charge in [-0.2, -0.15) is 5.26 Å². The minimum absolute atomic E-state index is 0.124. The summed E-state index contributed by atoms with van der Waals surface area (Å²) >= 11 is 1.43. The van der Waals surface area contributed by atoms with Crippen molar-refractivity contribution in [3.8, 4) is 22.4 Å². The third-order valence-corrected chi connectivity index (χ3v) is 4.99. The molecule has 0 saturated carbocycles. The van der Waals surface area contributed by atoms with Crippen molar-refractivity contribution >= 4 is 17.2 Å². The molecule has 0 radical (unpaired) electrons. The first-order valence-corrected chi connectivity index (χ1v) is 9.88. The zero-order chi connectivity index (χ0) is 20.1. The van der Waals surface area contributed by atoms with Gasteiger partial charge in [-0.15, -0.1) is 11.3 Å². The Morgan fingerprint density at radius 3 is 2.39 bits per heavy atom. The second-order valence-electron chi connectivity index (χ2n) is 6.66. The van der Waals surface area contributed by atoms with Crippen LogP contribution in [0.25, 0.3) is 10.6 Å². The molecule has 1 unspecified atom stereocenters. The van der Waals surface area contributed by atoms with Crippen LogP contribution in [0.3, 0.4) is 0 Å². The van der Waals surface area contributed by atoms with Crippen LogP contribution in [0.2, 0.25) is 0 Å². The van der Waals surface area contributed by atoms with E-state index in [1.54, 1.807) is 17.5 Å². The van der Waals surface area contributed by atoms with E-state index in [2.05, 4.69) is 16.4 Å². The van der Waals surface area contributed by atoms with Gasteiger partial charge in [-0.1, -0.05) is 12.1 Å². The van der Waals surface area contributed by atoms with Crippen molar-refractivity contribution in [3.63, 3.8) is 0 Å². The smallest absolute Gasteiger partial charge is 0.271 e. The number of nitrogens with zero attached hydrogens (tertiary/aromatic N) is 2. The highest BCUT2D eigenvalue weighted by Crippen LogP contribution is 2.26. The molecule has 0 aliphatic rings. The second-order valence-corrected chi connectivity index (χ2v) is 7.52. The van der Waals surface area contributed by atoms with Gasteiger partial charge in [-0.25, -0.2) is 4.98 Å². The molecule has 0 saturated heterocycles. The lowest BCUT2D eigenvalue weighted by Gasteiger charge is -2.13. The van der Waals surface area contributed by atoms with Gasteiger partial charge in [0.2, 0.25) is 0 Å². The Morgan fingerprint density at radius 2 is 1.79 bits per heavy atom. The predicted octanol–water partition coefficient (Wildman–Crippen LogP) is 4.96. The molecule has 1 aromatic heterocycles. The van der Waals surface area contributed by atoms with E-state index in [4.69, 9.17) is 10.00 Å². The number of aromatic nitrogens is 1. The minimum Gasteiger partial charge on any atom is -0.491 e. The molecule has 0 fully saturated rings. The SMILES string of the molecule is CC(C)Oc1ccc(-c2nc(C(=O)NC(C)c3ccc(C#N)cc3)cs2)cc1. The molecule has 0 spiro atoms. The Bertz CT molecular complexity index is 986. The summed E-state index contributed by atoms with van der Waals surface area (Å²) in [6, 6.07) is 16.8. The maximum absolute atomic E-state index is 12.5. The van der Waals surface area contributed by atoms with E-state index in [0.717, 1.165) is 21.9 Å². The van der Waals surface area contributed by atoms with Crippen molar-refractivity contribution in [1.29, 1.82) is 5.26 Å². The average Bonchev–Trinajstić information content (AvgIpc) is 3.18. The normalized spacial score (nSPS) is 11.7. The summed E-state index contributed by atoms with van der Waals surface area (Å²) < 4.78 is 5.65. The lowest BCUT2D eigenvalue weighted by atomic mass is 10.1. The van der Waals surface area contributed by atoms with Crippen LogP contribution in [0.1, 0.15) is 48.4 Å². The molecule has 2 aromatic carbocycles. The highest BCUT2D eigenvalue weighted by molar-refractivity contribution is 7.13. The van der Waals surface area contributed by atoms with Crippen LogP contribution < -0.4 is 10.1 Å². The standard InChI is InChI=1S/C22H21N3O2S/c1-14(2)27-19-10-8-18(9-11-19)22-25-20(13-28-22)21(26)24-15(3)17-6-4-16(12-23)5-7-17/h4-11,13-15H,1-3H3,(H,24,26). The van der Waals surface area contributed by atoms with Gasteiger partial charge in [0.05, 0.1) is 23.8 Å². The molecule has 3 aromatic rings. The maximum Gasteiger partial charge on any atom is 0.271 e. The molecule has 0 bridgehead atoms. The number of rotatable bonds is 6. The van der Waals surface area contributed by atoms with Crippen LogP contribution in [0.5, 0.6) is 5.75 Å². The fourth-order valence-electron chi connectivity index (χ4n) is 2.66. The quantitative estimate of drug-likeness (QED) is 0.644. The van der Waals surface area contributed by atoms with E-state index in [-0.39, 0.29) is 18.1 Å². The Morgan fingerprint density at radius 1 is 1.11 bits per heavy atom. The van der Waals surface area contributed by atoms with Crippen molar-refractivity contribution in [3.05, 3.63) is 70.7 Å². The highest BCUT2D eigenvalue weighted by Gasteiger charge is 2.15. The Hall–Kier alpha value is -3.17. The fraction of sp³-hybridized carbons (Fsp3) is 0.227. The number of thiazole rings is 1. The highest BCUT2D eigenvalue weighted by atomic mass is 32.1. The van der Waals surface area contributed by atoms with Crippen molar-refractivity contribution in [2.75, 3.05) is 0 Å². The Labute approximate surface area is 168 Å². The summed E-state index contributed by atoms with van der Waals surface area (Å²) in [6.07, 6.45) is 0.124. The summed E-state index contributed by atoms with van der Waals surface area (Å²) in [5.74, 6) is 0.587. The van der Waals surface area contributed by atoms with Crippen LogP contribution in [-0.4, -0.2) is 17.0 Å². The third-order valence-electron chi connectivity index (χ3n) is 4.10. The summed E-state index contributed by atoms with van der Waals surface area (Å²) in [7, 11) is 0. The van der Waals surface area contributed by atoms with E-state index >= 15 is 0 Å². The van der Waals surface area contributed by atoms with Crippen molar-refractivity contribution in [1.82, 2.24) is 10.3 Å². The van der Waals surface area contributed by atoms with Crippen molar-refractivity contribution in [2.24, 2.45) is 0 Å². The van der Waals surface area contributed by atoms with Gasteiger partial charge in [-0.05, 0) is 62.7 Å². The van der Waals surface area contributed by atoms with E-state index in [1.807, 2.05) is 57.2 Å². The fourth-order valence-corrected chi connectivity index (χ4v) is 3.47. The molecule has 1 atom stereocenters. The average molecular weight is 391 g/mol. The van der Waals surface area contributed by atoms with Crippen LogP contribution in [0.15, 0.2) is 53.9 Å². The molecule has 6 heteroatoms. The van der Waals surface area contributed by atoms with Crippen LogP contribution >= 0.6 is 11.3 Å². The zero-order valence-corrected chi connectivity index (χ0v) is 16.8. The van der Waals surface area contributed by atoms with E-state index in [9.17, 15) is 4.79 Å². The Kier molecular flexibility index (Phi) is 6.07. The summed E-state index contributed by atoms with van der Waals surface area (Å²) in [5.41, 5.74) is 2.86. The first-order chi connectivity index (χ1) is 13.5. The molecule has 28 heavy (non-hydrogen) atoms. The molecule has 5 nitrogen and oxygen atoms in total. The van der Waals surface area contributed by atoms with Gasteiger partial charge < -0.3 is 10.1 Å². The van der Waals surface area contributed by atoms with Crippen LogP contribution in [-0.2, 0) is 0 Å². The van der Waals surface area contributed by atoms with Gasteiger partial charge in [0, 0.05) is 10.9 Å². The van der Waals surface area contributed by atoms with E-state index in [1.165, 1.54) is 11.3 Å². The van der Waals surface area contributed by atoms with Gasteiger partial charge >= 0.3 is 0 Å². The first-order valence-electron chi connectivity index (χ1n) is 9.00. The molecule has 0 aliphatic heterocycles. The molecular formula is C22H21N3O2S. The topological polar surface area (TPSA) is 75.0 Å². The predicted molar refractivity (Wildman–Crippen MR) is 110 cm³/mol. The molecular weight excluding hydrogens is 370 g/mol. The summed E-state index contributed by atoms with van der Waals surface area (Å²) in [5, 5.41) is 14.4. The van der Waals surface area contributed by atoms with Gasteiger partial charge in [0.1, 0.15) is 16.5 Å². The van der Waals surface area contributed by atoms with Crippen molar-refractivity contribution in [2.45, 2.75) is 32.9 Å². The maximum atomic E-state index is 12.5. The molecule has 1 amide bonds. The number of nitriles is 1. The third kappa shape index (κ3) is 4.76. The molecule has 0 aliphatic carbocycles. The lowest BCUT2D eigenvalue weighted by Crippen LogP contribution is -2.26. The van der Waals surface area contributed by atoms with Crippen molar-refractivity contribution < 1.29 is 9.53 Å².